The lowest BCUT2D eigenvalue weighted by molar-refractivity contribution is 0.102. The second kappa shape index (κ2) is 6.57. The number of carbonyl (C=O) groups excluding carboxylic acids is 1. The lowest BCUT2D eigenvalue weighted by atomic mass is 10.3. The minimum Gasteiger partial charge on any atom is -0.360 e. The Kier molecular flexibility index (Phi) is 4.33. The molecule has 0 saturated heterocycles. The Bertz CT molecular complexity index is 849. The SMILES string of the molecule is Cc1cc(Nc2nccc(C(=O)Nc3cccc(Br)c3)n2)no1. The van der Waals surface area contributed by atoms with E-state index in [2.05, 4.69) is 41.7 Å². The van der Waals surface area contributed by atoms with Crippen LogP contribution in [0.4, 0.5) is 17.5 Å². The third-order valence-electron chi connectivity index (χ3n) is 2.84. The van der Waals surface area contributed by atoms with Gasteiger partial charge in [-0.05, 0) is 31.2 Å². The fraction of sp³-hybridized carbons (Fsp3) is 0.0667. The van der Waals surface area contributed by atoms with Gasteiger partial charge in [0.2, 0.25) is 5.95 Å². The summed E-state index contributed by atoms with van der Waals surface area (Å²) in [7, 11) is 0. The summed E-state index contributed by atoms with van der Waals surface area (Å²) in [5.74, 6) is 1.08. The highest BCUT2D eigenvalue weighted by molar-refractivity contribution is 9.10. The summed E-state index contributed by atoms with van der Waals surface area (Å²) in [5.41, 5.74) is 0.910. The highest BCUT2D eigenvalue weighted by atomic mass is 79.9. The molecule has 0 aliphatic carbocycles. The van der Waals surface area contributed by atoms with Gasteiger partial charge >= 0.3 is 0 Å². The van der Waals surface area contributed by atoms with Crippen molar-refractivity contribution in [3.63, 3.8) is 0 Å². The fourth-order valence-electron chi connectivity index (χ4n) is 1.85. The highest BCUT2D eigenvalue weighted by Gasteiger charge is 2.10. The van der Waals surface area contributed by atoms with Gasteiger partial charge in [0.1, 0.15) is 11.5 Å². The van der Waals surface area contributed by atoms with E-state index >= 15 is 0 Å². The number of aryl methyl sites for hydroxylation is 1. The number of hydrogen-bond acceptors (Lipinski definition) is 6. The van der Waals surface area contributed by atoms with Gasteiger partial charge in [-0.2, -0.15) is 0 Å². The summed E-state index contributed by atoms with van der Waals surface area (Å²) in [6, 6.07) is 10.5. The maximum absolute atomic E-state index is 12.3. The second-order valence-corrected chi connectivity index (χ2v) is 5.59. The third kappa shape index (κ3) is 3.92. The fourth-order valence-corrected chi connectivity index (χ4v) is 2.25. The van der Waals surface area contributed by atoms with Crippen LogP contribution >= 0.6 is 15.9 Å². The van der Waals surface area contributed by atoms with E-state index in [4.69, 9.17) is 4.52 Å². The van der Waals surface area contributed by atoms with E-state index in [0.29, 0.717) is 17.3 Å². The molecule has 116 valence electrons. The summed E-state index contributed by atoms with van der Waals surface area (Å²) in [4.78, 5) is 20.5. The molecule has 3 aromatic rings. The minimum absolute atomic E-state index is 0.239. The molecule has 0 atom stereocenters. The maximum atomic E-state index is 12.3. The lowest BCUT2D eigenvalue weighted by Gasteiger charge is -2.06. The molecule has 0 aliphatic heterocycles. The van der Waals surface area contributed by atoms with Gasteiger partial charge in [-0.25, -0.2) is 9.97 Å². The van der Waals surface area contributed by atoms with Gasteiger partial charge in [-0.1, -0.05) is 27.2 Å². The Balaban J connectivity index is 1.75. The molecule has 2 aromatic heterocycles. The predicted molar refractivity (Wildman–Crippen MR) is 88.6 cm³/mol. The Morgan fingerprint density at radius 1 is 1.26 bits per heavy atom. The summed E-state index contributed by atoms with van der Waals surface area (Å²) in [6.45, 7) is 1.78. The molecule has 2 heterocycles. The molecule has 0 saturated carbocycles. The number of nitrogens with one attached hydrogen (secondary N) is 2. The zero-order valence-corrected chi connectivity index (χ0v) is 13.7. The van der Waals surface area contributed by atoms with Crippen molar-refractivity contribution < 1.29 is 9.32 Å². The van der Waals surface area contributed by atoms with Gasteiger partial charge in [-0.3, -0.25) is 4.79 Å². The van der Waals surface area contributed by atoms with E-state index in [9.17, 15) is 4.79 Å². The van der Waals surface area contributed by atoms with Crippen molar-refractivity contribution in [2.45, 2.75) is 6.92 Å². The standard InChI is InChI=1S/C15H12BrN5O2/c1-9-7-13(21-23-9)20-15-17-6-5-12(19-15)14(22)18-11-4-2-3-10(16)8-11/h2-8H,1H3,(H,18,22)(H,17,19,20,21). The molecule has 1 aromatic carbocycles. The highest BCUT2D eigenvalue weighted by Crippen LogP contribution is 2.17. The molecule has 7 nitrogen and oxygen atoms in total. The van der Waals surface area contributed by atoms with Crippen molar-refractivity contribution in [3.05, 3.63) is 58.5 Å². The summed E-state index contributed by atoms with van der Waals surface area (Å²) in [6.07, 6.45) is 1.50. The molecule has 0 spiro atoms. The zero-order valence-electron chi connectivity index (χ0n) is 12.1. The number of nitrogens with zero attached hydrogens (tertiary/aromatic N) is 3. The summed E-state index contributed by atoms with van der Waals surface area (Å²) >= 11 is 3.36. The first-order chi connectivity index (χ1) is 11.1. The van der Waals surface area contributed by atoms with Crippen LogP contribution in [0.3, 0.4) is 0 Å². The topological polar surface area (TPSA) is 92.9 Å². The minimum atomic E-state index is -0.329. The lowest BCUT2D eigenvalue weighted by Crippen LogP contribution is -2.14. The van der Waals surface area contributed by atoms with E-state index in [1.807, 2.05) is 12.1 Å². The van der Waals surface area contributed by atoms with Crippen LogP contribution in [0.2, 0.25) is 0 Å². The number of aromatic nitrogens is 3. The molecular weight excluding hydrogens is 362 g/mol. The van der Waals surface area contributed by atoms with E-state index in [-0.39, 0.29) is 17.5 Å². The van der Waals surface area contributed by atoms with E-state index in [1.165, 1.54) is 12.3 Å². The van der Waals surface area contributed by atoms with Crippen LogP contribution in [0.5, 0.6) is 0 Å². The first kappa shape index (κ1) is 15.2. The van der Waals surface area contributed by atoms with Gasteiger partial charge in [0.15, 0.2) is 5.82 Å². The van der Waals surface area contributed by atoms with Gasteiger partial charge in [0.25, 0.3) is 5.91 Å². The number of anilines is 3. The van der Waals surface area contributed by atoms with E-state index in [0.717, 1.165) is 4.47 Å². The van der Waals surface area contributed by atoms with Crippen molar-refractivity contribution >= 4 is 39.3 Å². The monoisotopic (exact) mass is 373 g/mol. The maximum Gasteiger partial charge on any atom is 0.274 e. The predicted octanol–water partition coefficient (Wildman–Crippen LogP) is 3.53. The van der Waals surface area contributed by atoms with Crippen LogP contribution in [0.1, 0.15) is 16.2 Å². The number of halogens is 1. The van der Waals surface area contributed by atoms with Crippen molar-refractivity contribution in [2.24, 2.45) is 0 Å². The normalized spacial score (nSPS) is 10.3. The molecule has 0 fully saturated rings. The van der Waals surface area contributed by atoms with Crippen LogP contribution in [0.15, 0.2) is 51.6 Å². The number of carbonyl (C=O) groups is 1. The Hall–Kier alpha value is -2.74. The first-order valence-electron chi connectivity index (χ1n) is 6.70. The summed E-state index contributed by atoms with van der Waals surface area (Å²) < 4.78 is 5.83. The summed E-state index contributed by atoms with van der Waals surface area (Å²) in [5, 5.41) is 9.44. The zero-order chi connectivity index (χ0) is 16.2. The molecule has 1 amide bonds. The molecule has 0 radical (unpaired) electrons. The average molecular weight is 374 g/mol. The molecule has 0 unspecified atom stereocenters. The smallest absolute Gasteiger partial charge is 0.274 e. The Morgan fingerprint density at radius 2 is 2.13 bits per heavy atom. The largest absolute Gasteiger partial charge is 0.360 e. The number of amides is 1. The Labute approximate surface area is 140 Å². The molecule has 3 rings (SSSR count). The Morgan fingerprint density at radius 3 is 2.87 bits per heavy atom. The van der Waals surface area contributed by atoms with Crippen molar-refractivity contribution in [3.8, 4) is 0 Å². The molecule has 2 N–H and O–H groups in total. The van der Waals surface area contributed by atoms with Gasteiger partial charge in [0.05, 0.1) is 0 Å². The second-order valence-electron chi connectivity index (χ2n) is 4.68. The van der Waals surface area contributed by atoms with Crippen LogP contribution in [-0.2, 0) is 0 Å². The van der Waals surface area contributed by atoms with Crippen LogP contribution in [0, 0.1) is 6.92 Å². The number of hydrogen-bond donors (Lipinski definition) is 2. The van der Waals surface area contributed by atoms with Gasteiger partial charge in [-0.15, -0.1) is 0 Å². The van der Waals surface area contributed by atoms with Crippen LogP contribution in [0.25, 0.3) is 0 Å². The van der Waals surface area contributed by atoms with Crippen LogP contribution in [-0.4, -0.2) is 21.0 Å². The number of benzene rings is 1. The van der Waals surface area contributed by atoms with Crippen LogP contribution < -0.4 is 10.6 Å². The first-order valence-corrected chi connectivity index (χ1v) is 7.50. The number of rotatable bonds is 4. The molecule has 0 aliphatic rings. The molecule has 8 heteroatoms. The molecule has 23 heavy (non-hydrogen) atoms. The van der Waals surface area contributed by atoms with E-state index in [1.54, 1.807) is 25.1 Å². The van der Waals surface area contributed by atoms with Gasteiger partial charge in [0, 0.05) is 22.4 Å². The van der Waals surface area contributed by atoms with E-state index < -0.39 is 0 Å². The van der Waals surface area contributed by atoms with Gasteiger partial charge < -0.3 is 15.2 Å². The molecule has 0 bridgehead atoms. The van der Waals surface area contributed by atoms with Crippen molar-refractivity contribution in [2.75, 3.05) is 10.6 Å². The van der Waals surface area contributed by atoms with Crippen molar-refractivity contribution in [1.82, 2.24) is 15.1 Å². The third-order valence-corrected chi connectivity index (χ3v) is 3.33. The quantitative estimate of drug-likeness (QED) is 0.726. The molecular formula is C15H12BrN5O2. The van der Waals surface area contributed by atoms with Crippen molar-refractivity contribution in [1.29, 1.82) is 0 Å². The average Bonchev–Trinajstić information content (AvgIpc) is 2.92.